The highest BCUT2D eigenvalue weighted by Gasteiger charge is 2.37. The van der Waals surface area contributed by atoms with Crippen LogP contribution in [0.25, 0.3) is 0 Å². The predicted octanol–water partition coefficient (Wildman–Crippen LogP) is -4.11. The first-order chi connectivity index (χ1) is 25.9. The average molecular weight is 817 g/mol. The van der Waals surface area contributed by atoms with Crippen LogP contribution in [0, 0.1) is 0 Å². The van der Waals surface area contributed by atoms with Crippen molar-refractivity contribution in [3.05, 3.63) is 71.8 Å². The van der Waals surface area contributed by atoms with Crippen molar-refractivity contribution in [2.45, 2.75) is 88.6 Å². The highest BCUT2D eigenvalue weighted by molar-refractivity contribution is 6.28. The largest absolute Gasteiger partial charge is 0.412 e. The highest BCUT2D eigenvalue weighted by atomic mass is 16.2. The monoisotopic (exact) mass is 816 g/mol. The number of benzene rings is 2. The van der Waals surface area contributed by atoms with Crippen LogP contribution < -0.4 is 27.0 Å². The minimum Gasteiger partial charge on any atom is -0.412 e. The first-order valence-corrected chi connectivity index (χ1v) is 18.0. The molecule has 2 aliphatic rings. The van der Waals surface area contributed by atoms with Gasteiger partial charge in [-0.2, -0.15) is 0 Å². The van der Waals surface area contributed by atoms with Gasteiger partial charge in [-0.25, -0.2) is 4.99 Å². The number of aldehydes is 1. The summed E-state index contributed by atoms with van der Waals surface area (Å²) >= 11 is 0. The molecule has 20 nitrogen and oxygen atoms in total. The van der Waals surface area contributed by atoms with Crippen LogP contribution in [-0.4, -0.2) is 141 Å². The van der Waals surface area contributed by atoms with Gasteiger partial charge in [0.2, 0.25) is 29.5 Å². The van der Waals surface area contributed by atoms with Crippen molar-refractivity contribution in [3.8, 4) is 0 Å². The summed E-state index contributed by atoms with van der Waals surface area (Å²) in [4.78, 5) is 109. The van der Waals surface area contributed by atoms with Crippen LogP contribution in [0.15, 0.2) is 65.7 Å². The number of rotatable bonds is 16. The van der Waals surface area contributed by atoms with Gasteiger partial charge in [0, 0.05) is 19.5 Å². The number of likely N-dealkylation sites (tertiary alicyclic amines) is 2. The van der Waals surface area contributed by atoms with E-state index in [4.69, 9.17) is 5.73 Å². The molecule has 6 atom stereocenters. The van der Waals surface area contributed by atoms with Crippen molar-refractivity contribution >= 4 is 53.9 Å². The van der Waals surface area contributed by atoms with E-state index in [0.29, 0.717) is 44.9 Å². The summed E-state index contributed by atoms with van der Waals surface area (Å²) in [5.41, 5.74) is 7.10. The van der Waals surface area contributed by atoms with Gasteiger partial charge in [0.15, 0.2) is 0 Å². The summed E-state index contributed by atoms with van der Waals surface area (Å²) in [6, 6.07) is 12.5. The number of hydrogen-bond acceptors (Lipinski definition) is 9. The number of carbonyl (C=O) groups excluding carboxylic acids is 8. The second-order valence-electron chi connectivity index (χ2n) is 13.5. The number of carbonyl (C=O) groups is 8. The van der Waals surface area contributed by atoms with Crippen LogP contribution in [0.4, 0.5) is 0 Å². The Balaban J connectivity index is 0.00000812. The molecular formula is C38H56N8O12. The fourth-order valence-corrected chi connectivity index (χ4v) is 6.36. The van der Waals surface area contributed by atoms with Gasteiger partial charge in [0.1, 0.15) is 30.5 Å². The molecule has 2 aromatic carbocycles. The van der Waals surface area contributed by atoms with E-state index in [2.05, 4.69) is 26.3 Å². The Morgan fingerprint density at radius 3 is 1.81 bits per heavy atom. The molecule has 0 aliphatic carbocycles. The van der Waals surface area contributed by atoms with Gasteiger partial charge in [0.05, 0.1) is 24.8 Å². The SMILES string of the molecule is C[C@H](N)C(=O)N=CC(=O)N1CCC[C@H]1C(=O)N[C@@H](Cc1ccccc1)C(=O)N[C@@H](C)C(=O)NCC(=O)N1CCC[C@H]1C(=O)N[C@H](C=O)Cc1ccccc1.O.O.O.O. The summed E-state index contributed by atoms with van der Waals surface area (Å²) in [6.07, 6.45) is 3.68. The summed E-state index contributed by atoms with van der Waals surface area (Å²) in [6.45, 7) is 2.98. The third-order valence-corrected chi connectivity index (χ3v) is 9.28. The van der Waals surface area contributed by atoms with Gasteiger partial charge < -0.3 is 63.5 Å². The van der Waals surface area contributed by atoms with Gasteiger partial charge in [-0.15, -0.1) is 0 Å². The van der Waals surface area contributed by atoms with Crippen LogP contribution >= 0.6 is 0 Å². The lowest BCUT2D eigenvalue weighted by atomic mass is 10.0. The first-order valence-electron chi connectivity index (χ1n) is 18.0. The minimum absolute atomic E-state index is 0. The predicted molar refractivity (Wildman–Crippen MR) is 212 cm³/mol. The fourth-order valence-electron chi connectivity index (χ4n) is 6.36. The van der Waals surface area contributed by atoms with Gasteiger partial charge >= 0.3 is 0 Å². The summed E-state index contributed by atoms with van der Waals surface area (Å²) in [5.74, 6) is -4.20. The Labute approximate surface area is 335 Å². The normalized spacial score (nSPS) is 17.6. The third-order valence-electron chi connectivity index (χ3n) is 9.28. The Hall–Kier alpha value is -5.93. The second-order valence-corrected chi connectivity index (χ2v) is 13.5. The molecular weight excluding hydrogens is 760 g/mol. The zero-order chi connectivity index (χ0) is 39.2. The number of nitrogens with zero attached hydrogens (tertiary/aromatic N) is 3. The van der Waals surface area contributed by atoms with E-state index < -0.39 is 84.1 Å². The van der Waals surface area contributed by atoms with Crippen LogP contribution in [-0.2, 0) is 51.2 Å². The lowest BCUT2D eigenvalue weighted by Crippen LogP contribution is -2.57. The van der Waals surface area contributed by atoms with Crippen molar-refractivity contribution in [1.29, 1.82) is 0 Å². The molecule has 0 bridgehead atoms. The standard InChI is InChI=1S/C38H48N8O8.4H2O/c1-24(39)34(50)40-21-32(48)46-18-10-16-31(46)38(54)44-29(20-27-13-7-4-8-14-27)36(52)42-25(2)35(51)41-22-33(49)45-17-9-15-30(45)37(53)43-28(23-47)19-26-11-5-3-6-12-26;;;;/h3-8,11-14,21,23-25,28-31H,9-10,15-20,22,39H2,1-2H3,(H,41,51)(H,42,52)(H,43,53)(H,44,54);4*1H2/t24-,25-,28-,29-,30-,31-;;;;/m0..../s1. The van der Waals surface area contributed by atoms with Crippen LogP contribution in [0.5, 0.6) is 0 Å². The Bertz CT molecular complexity index is 1710. The molecule has 58 heavy (non-hydrogen) atoms. The zero-order valence-corrected chi connectivity index (χ0v) is 32.4. The van der Waals surface area contributed by atoms with Crippen molar-refractivity contribution < 1.29 is 60.3 Å². The third kappa shape index (κ3) is 14.9. The molecule has 2 aromatic rings. The quantitative estimate of drug-likeness (QED) is 0.0811. The molecule has 20 heteroatoms. The molecule has 14 N–H and O–H groups in total. The lowest BCUT2D eigenvalue weighted by molar-refractivity contribution is -0.139. The second kappa shape index (κ2) is 25.3. The molecule has 2 fully saturated rings. The summed E-state index contributed by atoms with van der Waals surface area (Å²) in [7, 11) is 0. The smallest absolute Gasteiger partial charge is 0.265 e. The molecule has 0 aromatic heterocycles. The molecule has 0 saturated carbocycles. The van der Waals surface area contributed by atoms with Gasteiger partial charge in [-0.05, 0) is 57.1 Å². The van der Waals surface area contributed by atoms with Crippen LogP contribution in [0.3, 0.4) is 0 Å². The zero-order valence-electron chi connectivity index (χ0n) is 32.4. The maximum Gasteiger partial charge on any atom is 0.265 e. The number of aliphatic imine (C=N–C) groups is 1. The number of hydrogen-bond donors (Lipinski definition) is 5. The molecule has 0 spiro atoms. The Morgan fingerprint density at radius 2 is 1.26 bits per heavy atom. The first kappa shape index (κ1) is 52.1. The molecule has 7 amide bonds. The van der Waals surface area contributed by atoms with E-state index in [1.165, 1.54) is 23.6 Å². The van der Waals surface area contributed by atoms with Crippen LogP contribution in [0.2, 0.25) is 0 Å². The summed E-state index contributed by atoms with van der Waals surface area (Å²) < 4.78 is 0. The fraction of sp³-hybridized carbons (Fsp3) is 0.447. The summed E-state index contributed by atoms with van der Waals surface area (Å²) in [5, 5.41) is 10.6. The minimum atomic E-state index is -1.14. The maximum atomic E-state index is 13.6. The molecule has 0 unspecified atom stereocenters. The van der Waals surface area contributed by atoms with E-state index in [1.54, 1.807) is 30.3 Å². The van der Waals surface area contributed by atoms with Gasteiger partial charge in [-0.1, -0.05) is 60.7 Å². The van der Waals surface area contributed by atoms with E-state index >= 15 is 0 Å². The molecule has 2 saturated heterocycles. The van der Waals surface area contributed by atoms with Gasteiger partial charge in [-0.3, -0.25) is 33.6 Å². The molecule has 320 valence electrons. The molecule has 0 radical (unpaired) electrons. The van der Waals surface area contributed by atoms with E-state index in [0.717, 1.165) is 17.3 Å². The number of amides is 7. The molecule has 2 aliphatic heterocycles. The molecule has 2 heterocycles. The van der Waals surface area contributed by atoms with Crippen molar-refractivity contribution in [3.63, 3.8) is 0 Å². The van der Waals surface area contributed by atoms with Crippen molar-refractivity contribution in [1.82, 2.24) is 31.1 Å². The van der Waals surface area contributed by atoms with E-state index in [-0.39, 0.29) is 34.9 Å². The number of nitrogens with two attached hydrogens (primary N) is 1. The average Bonchev–Trinajstić information content (AvgIpc) is 3.87. The maximum absolute atomic E-state index is 13.6. The van der Waals surface area contributed by atoms with Crippen LogP contribution in [0.1, 0.15) is 50.7 Å². The van der Waals surface area contributed by atoms with Crippen molar-refractivity contribution in [2.75, 3.05) is 19.6 Å². The Morgan fingerprint density at radius 1 is 0.741 bits per heavy atom. The number of nitrogens with one attached hydrogen (secondary N) is 4. The highest BCUT2D eigenvalue weighted by Crippen LogP contribution is 2.19. The molecule has 4 rings (SSSR count). The topological polar surface area (TPSA) is 356 Å². The lowest BCUT2D eigenvalue weighted by Gasteiger charge is -2.27. The van der Waals surface area contributed by atoms with Gasteiger partial charge in [0.25, 0.3) is 11.8 Å². The Kier molecular flexibility index (Phi) is 22.8. The van der Waals surface area contributed by atoms with Crippen molar-refractivity contribution in [2.24, 2.45) is 10.7 Å². The van der Waals surface area contributed by atoms with E-state index in [1.807, 2.05) is 30.3 Å². The van der Waals surface area contributed by atoms with E-state index in [9.17, 15) is 38.4 Å².